The van der Waals surface area contributed by atoms with Crippen LogP contribution in [0.2, 0.25) is 0 Å². The van der Waals surface area contributed by atoms with Crippen molar-refractivity contribution in [1.29, 1.82) is 0 Å². The van der Waals surface area contributed by atoms with E-state index in [1.165, 1.54) is 9.58 Å². The first kappa shape index (κ1) is 15.0. The molecule has 1 aliphatic heterocycles. The molecule has 1 atom stereocenters. The highest BCUT2D eigenvalue weighted by Crippen LogP contribution is 2.21. The van der Waals surface area contributed by atoms with Crippen molar-refractivity contribution >= 4 is 23.4 Å². The fraction of sp³-hybridized carbons (Fsp3) is 0.538. The van der Waals surface area contributed by atoms with Crippen LogP contribution < -0.4 is 11.1 Å². The number of amides is 3. The number of nitrogens with two attached hydrogens (primary N) is 1. The van der Waals surface area contributed by atoms with Gasteiger partial charge in [-0.15, -0.1) is 0 Å². The van der Waals surface area contributed by atoms with E-state index in [-0.39, 0.29) is 17.9 Å². The number of nitrogen functional groups attached to an aromatic ring is 1. The van der Waals surface area contributed by atoms with Gasteiger partial charge in [0.1, 0.15) is 18.3 Å². The second-order valence-corrected chi connectivity index (χ2v) is 4.93. The molecule has 8 nitrogen and oxygen atoms in total. The second-order valence-electron chi connectivity index (χ2n) is 4.93. The van der Waals surface area contributed by atoms with E-state index in [2.05, 4.69) is 10.4 Å². The first-order chi connectivity index (χ1) is 9.90. The first-order valence-corrected chi connectivity index (χ1v) is 6.88. The van der Waals surface area contributed by atoms with Crippen molar-refractivity contribution in [3.63, 3.8) is 0 Å². The monoisotopic (exact) mass is 293 g/mol. The minimum Gasteiger partial charge on any atom is -0.395 e. The van der Waals surface area contributed by atoms with Crippen molar-refractivity contribution in [2.75, 3.05) is 12.3 Å². The summed E-state index contributed by atoms with van der Waals surface area (Å²) in [6.07, 6.45) is 0.421. The van der Waals surface area contributed by atoms with Gasteiger partial charge in [-0.25, -0.2) is 0 Å². The normalized spacial score (nSPS) is 18.8. The molecular formula is C13H19N5O3. The van der Waals surface area contributed by atoms with E-state index in [1.807, 2.05) is 6.92 Å². The number of hydrogen-bond donors (Lipinski definition) is 2. The quantitative estimate of drug-likeness (QED) is 0.741. The smallest absolute Gasteiger partial charge is 0.275 e. The van der Waals surface area contributed by atoms with Crippen molar-refractivity contribution < 1.29 is 14.4 Å². The summed E-state index contributed by atoms with van der Waals surface area (Å²) in [6, 6.07) is -0.671. The minimum atomic E-state index is -0.671. The Hall–Kier alpha value is -2.38. The zero-order valence-electron chi connectivity index (χ0n) is 12.3. The van der Waals surface area contributed by atoms with Gasteiger partial charge >= 0.3 is 0 Å². The summed E-state index contributed by atoms with van der Waals surface area (Å²) in [4.78, 5) is 37.4. The predicted molar refractivity (Wildman–Crippen MR) is 75.3 cm³/mol. The Labute approximate surface area is 122 Å². The molecule has 1 unspecified atom stereocenters. The molecule has 0 saturated carbocycles. The average molecular weight is 293 g/mol. The molecule has 1 aromatic heterocycles. The highest BCUT2D eigenvalue weighted by molar-refractivity contribution is 6.08. The molecule has 1 saturated heterocycles. The van der Waals surface area contributed by atoms with Gasteiger partial charge in [0, 0.05) is 6.54 Å². The number of piperazine rings is 1. The number of carbonyl (C=O) groups is 3. The molecule has 0 spiro atoms. The van der Waals surface area contributed by atoms with Gasteiger partial charge in [0.05, 0.1) is 11.4 Å². The summed E-state index contributed by atoms with van der Waals surface area (Å²) >= 11 is 0. The van der Waals surface area contributed by atoms with Gasteiger partial charge in [-0.2, -0.15) is 5.10 Å². The number of aromatic nitrogens is 2. The number of nitrogens with zero attached hydrogens (tertiary/aromatic N) is 3. The van der Waals surface area contributed by atoms with E-state index >= 15 is 0 Å². The third-order valence-electron chi connectivity index (χ3n) is 3.58. The van der Waals surface area contributed by atoms with Gasteiger partial charge in [0.15, 0.2) is 0 Å². The van der Waals surface area contributed by atoms with Crippen LogP contribution in [0, 0.1) is 6.92 Å². The van der Waals surface area contributed by atoms with Crippen molar-refractivity contribution in [3.05, 3.63) is 11.4 Å². The van der Waals surface area contributed by atoms with E-state index in [0.29, 0.717) is 18.7 Å². The third-order valence-corrected chi connectivity index (χ3v) is 3.58. The molecule has 21 heavy (non-hydrogen) atoms. The third kappa shape index (κ3) is 2.48. The number of nitrogens with one attached hydrogen (secondary N) is 1. The molecule has 1 fully saturated rings. The zero-order valence-corrected chi connectivity index (χ0v) is 12.3. The van der Waals surface area contributed by atoms with Crippen LogP contribution in [0.3, 0.4) is 0 Å². The highest BCUT2D eigenvalue weighted by Gasteiger charge is 2.37. The van der Waals surface area contributed by atoms with E-state index in [1.54, 1.807) is 13.8 Å². The molecule has 0 aliphatic carbocycles. The van der Waals surface area contributed by atoms with Gasteiger partial charge in [-0.3, -0.25) is 24.4 Å². The van der Waals surface area contributed by atoms with Gasteiger partial charge in [0.2, 0.25) is 11.8 Å². The maximum atomic E-state index is 12.7. The molecular weight excluding hydrogens is 274 g/mol. The van der Waals surface area contributed by atoms with Crippen molar-refractivity contribution in [2.24, 2.45) is 0 Å². The predicted octanol–water partition coefficient (Wildman–Crippen LogP) is -0.329. The lowest BCUT2D eigenvalue weighted by molar-refractivity contribution is -0.138. The number of anilines is 1. The highest BCUT2D eigenvalue weighted by atomic mass is 16.2. The summed E-state index contributed by atoms with van der Waals surface area (Å²) < 4.78 is 1.50. The van der Waals surface area contributed by atoms with Crippen LogP contribution in [0.4, 0.5) is 5.69 Å². The molecule has 1 aromatic rings. The van der Waals surface area contributed by atoms with Gasteiger partial charge in [-0.05, 0) is 20.3 Å². The minimum absolute atomic E-state index is 0.156. The Bertz CT molecular complexity index is 607. The maximum absolute atomic E-state index is 12.7. The van der Waals surface area contributed by atoms with Crippen LogP contribution >= 0.6 is 0 Å². The molecule has 8 heteroatoms. The van der Waals surface area contributed by atoms with E-state index in [0.717, 1.165) is 0 Å². The molecule has 0 radical (unpaired) electrons. The van der Waals surface area contributed by atoms with Crippen LogP contribution in [-0.2, 0) is 16.1 Å². The average Bonchev–Trinajstić information content (AvgIpc) is 2.72. The number of hydrogen-bond acceptors (Lipinski definition) is 5. The topological polar surface area (TPSA) is 110 Å². The second kappa shape index (κ2) is 5.55. The summed E-state index contributed by atoms with van der Waals surface area (Å²) in [6.45, 7) is 5.66. The maximum Gasteiger partial charge on any atom is 0.275 e. The van der Waals surface area contributed by atoms with E-state index in [9.17, 15) is 14.4 Å². The molecule has 2 heterocycles. The van der Waals surface area contributed by atoms with Crippen LogP contribution in [0.1, 0.15) is 36.5 Å². The number of aryl methyl sites for hydroxylation is 2. The van der Waals surface area contributed by atoms with Gasteiger partial charge in [0.25, 0.3) is 5.91 Å². The van der Waals surface area contributed by atoms with Crippen molar-refractivity contribution in [2.45, 2.75) is 39.8 Å². The summed E-state index contributed by atoms with van der Waals surface area (Å²) in [7, 11) is 0. The van der Waals surface area contributed by atoms with Crippen molar-refractivity contribution in [1.82, 2.24) is 20.0 Å². The summed E-state index contributed by atoms with van der Waals surface area (Å²) in [5.74, 6) is -1.39. The Morgan fingerprint density at radius 2 is 2.10 bits per heavy atom. The molecule has 0 bridgehead atoms. The van der Waals surface area contributed by atoms with Crippen molar-refractivity contribution in [3.8, 4) is 0 Å². The van der Waals surface area contributed by atoms with E-state index in [4.69, 9.17) is 5.73 Å². The molecule has 1 aliphatic rings. The Kier molecular flexibility index (Phi) is 3.97. The Morgan fingerprint density at radius 1 is 1.43 bits per heavy atom. The van der Waals surface area contributed by atoms with Crippen LogP contribution in [0.5, 0.6) is 0 Å². The molecule has 2 rings (SSSR count). The van der Waals surface area contributed by atoms with Gasteiger partial charge in [-0.1, -0.05) is 6.92 Å². The standard InChI is InChI=1S/C13H19N5O3/c1-4-8-12(20)15-9(19)6-17(8)13(21)11-10(14)7(3)16-18(11)5-2/h8H,4-6,14H2,1-3H3,(H,15,19,20). The lowest BCUT2D eigenvalue weighted by atomic mass is 10.1. The number of rotatable bonds is 3. The summed E-state index contributed by atoms with van der Waals surface area (Å²) in [5, 5.41) is 6.43. The van der Waals surface area contributed by atoms with E-state index < -0.39 is 23.8 Å². The SMILES string of the molecule is CCC1C(=O)NC(=O)CN1C(=O)c1c(N)c(C)nn1CC. The lowest BCUT2D eigenvalue weighted by Gasteiger charge is -2.33. The fourth-order valence-corrected chi connectivity index (χ4v) is 2.47. The molecule has 3 N–H and O–H groups in total. The van der Waals surface area contributed by atoms with Crippen LogP contribution in [-0.4, -0.2) is 45.0 Å². The Morgan fingerprint density at radius 3 is 2.67 bits per heavy atom. The molecule has 114 valence electrons. The van der Waals surface area contributed by atoms with Gasteiger partial charge < -0.3 is 10.6 Å². The number of carbonyl (C=O) groups excluding carboxylic acids is 3. The first-order valence-electron chi connectivity index (χ1n) is 6.88. The molecule has 0 aromatic carbocycles. The fourth-order valence-electron chi connectivity index (χ4n) is 2.47. The lowest BCUT2D eigenvalue weighted by Crippen LogP contribution is -2.59. The Balaban J connectivity index is 2.42. The largest absolute Gasteiger partial charge is 0.395 e. The zero-order chi connectivity index (χ0) is 15.7. The summed E-state index contributed by atoms with van der Waals surface area (Å²) in [5.41, 5.74) is 7.00. The number of imide groups is 1. The van der Waals surface area contributed by atoms with Crippen LogP contribution in [0.15, 0.2) is 0 Å². The molecule has 3 amide bonds. The van der Waals surface area contributed by atoms with Crippen LogP contribution in [0.25, 0.3) is 0 Å².